The van der Waals surface area contributed by atoms with E-state index in [0.717, 1.165) is 25.9 Å². The third kappa shape index (κ3) is 7.65. The number of aliphatic carboxylic acids is 1. The van der Waals surface area contributed by atoms with Crippen LogP contribution in [0.2, 0.25) is 0 Å². The minimum atomic E-state index is -0.943. The summed E-state index contributed by atoms with van der Waals surface area (Å²) in [7, 11) is 2.08. The van der Waals surface area contributed by atoms with Crippen molar-refractivity contribution in [2.45, 2.75) is 32.6 Å². The summed E-state index contributed by atoms with van der Waals surface area (Å²) in [6.45, 7) is 4.29. The second-order valence-electron chi connectivity index (χ2n) is 5.91. The molecule has 0 radical (unpaired) electrons. The number of nitrogens with one attached hydrogen (secondary N) is 2. The zero-order valence-corrected chi connectivity index (χ0v) is 12.7. The third-order valence-corrected chi connectivity index (χ3v) is 3.70. The van der Waals surface area contributed by atoms with Gasteiger partial charge in [0, 0.05) is 19.4 Å². The van der Waals surface area contributed by atoms with Crippen LogP contribution in [0.4, 0.5) is 4.79 Å². The SMILES string of the molecule is CC(CC(=O)O)CC(=O)NC(=O)NCC1CCN(C)CC1. The number of hydrogen-bond acceptors (Lipinski definition) is 4. The first kappa shape index (κ1) is 17.4. The summed E-state index contributed by atoms with van der Waals surface area (Å²) in [5, 5.41) is 13.6. The summed E-state index contributed by atoms with van der Waals surface area (Å²) in [6, 6.07) is -0.499. The second kappa shape index (κ2) is 8.61. The number of carbonyl (C=O) groups excluding carboxylic acids is 2. The molecule has 7 heteroatoms. The van der Waals surface area contributed by atoms with Gasteiger partial charge in [-0.2, -0.15) is 0 Å². The maximum atomic E-state index is 11.6. The first-order valence-electron chi connectivity index (χ1n) is 7.34. The van der Waals surface area contributed by atoms with Gasteiger partial charge in [0.2, 0.25) is 5.91 Å². The van der Waals surface area contributed by atoms with Crippen LogP contribution < -0.4 is 10.6 Å². The summed E-state index contributed by atoms with van der Waals surface area (Å²) < 4.78 is 0. The molecular weight excluding hydrogens is 274 g/mol. The molecule has 21 heavy (non-hydrogen) atoms. The van der Waals surface area contributed by atoms with Gasteiger partial charge in [0.15, 0.2) is 0 Å². The molecule has 3 N–H and O–H groups in total. The molecule has 1 aliphatic heterocycles. The Morgan fingerprint density at radius 3 is 2.43 bits per heavy atom. The van der Waals surface area contributed by atoms with E-state index in [2.05, 4.69) is 22.6 Å². The molecule has 3 amide bonds. The van der Waals surface area contributed by atoms with Gasteiger partial charge in [0.25, 0.3) is 0 Å². The average molecular weight is 299 g/mol. The molecule has 0 aromatic heterocycles. The Bertz CT molecular complexity index is 378. The zero-order chi connectivity index (χ0) is 15.8. The number of carbonyl (C=O) groups is 3. The molecule has 0 saturated carbocycles. The Morgan fingerprint density at radius 1 is 1.24 bits per heavy atom. The number of nitrogens with zero attached hydrogens (tertiary/aromatic N) is 1. The van der Waals surface area contributed by atoms with E-state index in [1.165, 1.54) is 0 Å². The lowest BCUT2D eigenvalue weighted by molar-refractivity contribution is -0.138. The molecule has 1 saturated heterocycles. The Balaban J connectivity index is 2.18. The van der Waals surface area contributed by atoms with Gasteiger partial charge in [-0.3, -0.25) is 14.9 Å². The Kier molecular flexibility index (Phi) is 7.14. The molecule has 1 unspecified atom stereocenters. The van der Waals surface area contributed by atoms with Crippen LogP contribution in [0.25, 0.3) is 0 Å². The summed E-state index contributed by atoms with van der Waals surface area (Å²) in [5.41, 5.74) is 0. The van der Waals surface area contributed by atoms with Crippen molar-refractivity contribution < 1.29 is 19.5 Å². The highest BCUT2D eigenvalue weighted by atomic mass is 16.4. The fourth-order valence-corrected chi connectivity index (χ4v) is 2.41. The Labute approximate surface area is 125 Å². The summed E-state index contributed by atoms with van der Waals surface area (Å²) in [4.78, 5) is 35.9. The molecule has 0 aliphatic carbocycles. The summed E-state index contributed by atoms with van der Waals surface area (Å²) >= 11 is 0. The highest BCUT2D eigenvalue weighted by Gasteiger charge is 2.18. The van der Waals surface area contributed by atoms with Crippen molar-refractivity contribution in [3.05, 3.63) is 0 Å². The molecule has 7 nitrogen and oxygen atoms in total. The van der Waals surface area contributed by atoms with Gasteiger partial charge in [-0.1, -0.05) is 6.92 Å². The summed E-state index contributed by atoms with van der Waals surface area (Å²) in [6.07, 6.45) is 2.04. The first-order chi connectivity index (χ1) is 9.86. The highest BCUT2D eigenvalue weighted by molar-refractivity contribution is 5.94. The monoisotopic (exact) mass is 299 g/mol. The standard InChI is InChI=1S/C14H25N3O4/c1-10(8-13(19)20)7-12(18)16-14(21)15-9-11-3-5-17(2)6-4-11/h10-11H,3-9H2,1-2H3,(H,19,20)(H2,15,16,18,21). The predicted octanol–water partition coefficient (Wildman–Crippen LogP) is 0.655. The van der Waals surface area contributed by atoms with Crippen LogP contribution in [0.15, 0.2) is 0 Å². The van der Waals surface area contributed by atoms with Crippen molar-refractivity contribution in [3.8, 4) is 0 Å². The van der Waals surface area contributed by atoms with Gasteiger partial charge in [0.05, 0.1) is 0 Å². The van der Waals surface area contributed by atoms with Crippen molar-refractivity contribution >= 4 is 17.9 Å². The Hall–Kier alpha value is -1.63. The number of hydrogen-bond donors (Lipinski definition) is 3. The van der Waals surface area contributed by atoms with Gasteiger partial charge in [-0.05, 0) is 44.8 Å². The molecule has 0 bridgehead atoms. The fourth-order valence-electron chi connectivity index (χ4n) is 2.41. The lowest BCUT2D eigenvalue weighted by Crippen LogP contribution is -2.43. The molecule has 0 aromatic rings. The van der Waals surface area contributed by atoms with Crippen LogP contribution in [-0.4, -0.2) is 54.6 Å². The first-order valence-corrected chi connectivity index (χ1v) is 7.34. The zero-order valence-electron chi connectivity index (χ0n) is 12.7. The topological polar surface area (TPSA) is 98.7 Å². The van der Waals surface area contributed by atoms with E-state index in [9.17, 15) is 14.4 Å². The molecule has 1 rings (SSSR count). The maximum Gasteiger partial charge on any atom is 0.321 e. The van der Waals surface area contributed by atoms with Crippen LogP contribution in [0, 0.1) is 11.8 Å². The van der Waals surface area contributed by atoms with E-state index in [1.807, 2.05) is 0 Å². The second-order valence-corrected chi connectivity index (χ2v) is 5.91. The number of likely N-dealkylation sites (tertiary alicyclic amines) is 1. The molecule has 1 atom stereocenters. The van der Waals surface area contributed by atoms with E-state index in [-0.39, 0.29) is 18.8 Å². The Morgan fingerprint density at radius 2 is 1.86 bits per heavy atom. The van der Waals surface area contributed by atoms with Crippen LogP contribution >= 0.6 is 0 Å². The number of rotatable bonds is 6. The molecule has 0 aromatic carbocycles. The predicted molar refractivity (Wildman–Crippen MR) is 77.8 cm³/mol. The van der Waals surface area contributed by atoms with Gasteiger partial charge < -0.3 is 15.3 Å². The normalized spacial score (nSPS) is 18.0. The lowest BCUT2D eigenvalue weighted by Gasteiger charge is -2.28. The quantitative estimate of drug-likeness (QED) is 0.669. The summed E-state index contributed by atoms with van der Waals surface area (Å²) in [5.74, 6) is -1.22. The third-order valence-electron chi connectivity index (χ3n) is 3.70. The highest BCUT2D eigenvalue weighted by Crippen LogP contribution is 2.14. The smallest absolute Gasteiger partial charge is 0.321 e. The van der Waals surface area contributed by atoms with E-state index < -0.39 is 17.9 Å². The minimum absolute atomic E-state index is 0.0357. The van der Waals surface area contributed by atoms with Crippen molar-refractivity contribution in [2.75, 3.05) is 26.7 Å². The molecule has 120 valence electrons. The van der Waals surface area contributed by atoms with Gasteiger partial charge in [0.1, 0.15) is 0 Å². The number of imide groups is 1. The lowest BCUT2D eigenvalue weighted by atomic mass is 9.97. The number of urea groups is 1. The number of piperidine rings is 1. The van der Waals surface area contributed by atoms with Crippen LogP contribution in [0.1, 0.15) is 32.6 Å². The van der Waals surface area contributed by atoms with E-state index in [0.29, 0.717) is 12.5 Å². The number of amides is 3. The molecule has 1 fully saturated rings. The maximum absolute atomic E-state index is 11.6. The van der Waals surface area contributed by atoms with Crippen molar-refractivity contribution in [3.63, 3.8) is 0 Å². The molecule has 1 aliphatic rings. The molecule has 1 heterocycles. The van der Waals surface area contributed by atoms with E-state index >= 15 is 0 Å². The van der Waals surface area contributed by atoms with E-state index in [1.54, 1.807) is 6.92 Å². The number of carboxylic acid groups (broad SMARTS) is 1. The van der Waals surface area contributed by atoms with Crippen LogP contribution in [0.5, 0.6) is 0 Å². The van der Waals surface area contributed by atoms with Gasteiger partial charge in [-0.25, -0.2) is 4.79 Å². The van der Waals surface area contributed by atoms with Crippen LogP contribution in [0.3, 0.4) is 0 Å². The fraction of sp³-hybridized carbons (Fsp3) is 0.786. The van der Waals surface area contributed by atoms with Crippen molar-refractivity contribution in [2.24, 2.45) is 11.8 Å². The molecule has 0 spiro atoms. The van der Waals surface area contributed by atoms with Gasteiger partial charge >= 0.3 is 12.0 Å². The van der Waals surface area contributed by atoms with Crippen molar-refractivity contribution in [1.29, 1.82) is 0 Å². The number of carboxylic acids is 1. The van der Waals surface area contributed by atoms with E-state index in [4.69, 9.17) is 5.11 Å². The molecular formula is C14H25N3O4. The van der Waals surface area contributed by atoms with Gasteiger partial charge in [-0.15, -0.1) is 0 Å². The largest absolute Gasteiger partial charge is 0.481 e. The average Bonchev–Trinajstić information content (AvgIpc) is 2.36. The van der Waals surface area contributed by atoms with Crippen molar-refractivity contribution in [1.82, 2.24) is 15.5 Å². The van der Waals surface area contributed by atoms with Crippen LogP contribution in [-0.2, 0) is 9.59 Å². The minimum Gasteiger partial charge on any atom is -0.481 e.